The maximum atomic E-state index is 11.1. The van der Waals surface area contributed by atoms with Gasteiger partial charge in [-0.05, 0) is 22.6 Å². The van der Waals surface area contributed by atoms with Crippen molar-refractivity contribution in [1.82, 2.24) is 25.5 Å². The third kappa shape index (κ3) is 4.02. The van der Waals surface area contributed by atoms with E-state index in [9.17, 15) is 9.59 Å². The fourth-order valence-corrected chi connectivity index (χ4v) is 2.48. The molecular formula is C12H13N5O3S. The van der Waals surface area contributed by atoms with Crippen molar-refractivity contribution in [3.05, 3.63) is 30.3 Å². The molecule has 0 bridgehead atoms. The lowest BCUT2D eigenvalue weighted by molar-refractivity contribution is -0.140. The number of para-hydroxylation sites is 1. The van der Waals surface area contributed by atoms with Crippen LogP contribution in [0, 0.1) is 0 Å². The standard InChI is InChI=1S/C12H13N5O3S/c1-8(18)13-10(11(19)20)7-21-12-14-15-16-17(12)9-5-3-2-4-6-9/h2-6,10H,7H2,1H3,(H,13,18)(H,19,20). The second-order valence-electron chi connectivity index (χ2n) is 4.11. The Balaban J connectivity index is 2.09. The van der Waals surface area contributed by atoms with Gasteiger partial charge in [0.15, 0.2) is 0 Å². The lowest BCUT2D eigenvalue weighted by Gasteiger charge is -2.12. The summed E-state index contributed by atoms with van der Waals surface area (Å²) < 4.78 is 1.51. The molecule has 2 N–H and O–H groups in total. The van der Waals surface area contributed by atoms with Crippen LogP contribution in [0.1, 0.15) is 6.92 Å². The molecule has 0 saturated heterocycles. The Labute approximate surface area is 124 Å². The highest BCUT2D eigenvalue weighted by molar-refractivity contribution is 7.99. The van der Waals surface area contributed by atoms with E-state index in [4.69, 9.17) is 5.11 Å². The van der Waals surface area contributed by atoms with Crippen molar-refractivity contribution in [1.29, 1.82) is 0 Å². The molecule has 0 aliphatic heterocycles. The number of hydrogen-bond acceptors (Lipinski definition) is 6. The van der Waals surface area contributed by atoms with Crippen molar-refractivity contribution >= 4 is 23.6 Å². The Bertz CT molecular complexity index is 631. The molecular weight excluding hydrogens is 294 g/mol. The fourth-order valence-electron chi connectivity index (χ4n) is 1.58. The van der Waals surface area contributed by atoms with Gasteiger partial charge in [0, 0.05) is 12.7 Å². The van der Waals surface area contributed by atoms with Gasteiger partial charge in [-0.25, -0.2) is 4.79 Å². The summed E-state index contributed by atoms with van der Waals surface area (Å²) in [5.41, 5.74) is 0.774. The number of carbonyl (C=O) groups excluding carboxylic acids is 1. The number of thioether (sulfide) groups is 1. The van der Waals surface area contributed by atoms with E-state index in [1.807, 2.05) is 30.3 Å². The lowest BCUT2D eigenvalue weighted by atomic mass is 10.3. The van der Waals surface area contributed by atoms with Gasteiger partial charge in [-0.1, -0.05) is 30.0 Å². The Hall–Kier alpha value is -2.42. The molecule has 8 nitrogen and oxygen atoms in total. The first-order chi connectivity index (χ1) is 10.1. The molecule has 9 heteroatoms. The molecule has 1 amide bonds. The van der Waals surface area contributed by atoms with Crippen molar-refractivity contribution in [2.24, 2.45) is 0 Å². The van der Waals surface area contributed by atoms with Crippen LogP contribution in [0.5, 0.6) is 0 Å². The molecule has 0 spiro atoms. The van der Waals surface area contributed by atoms with Gasteiger partial charge in [-0.15, -0.1) is 5.10 Å². The molecule has 1 atom stereocenters. The van der Waals surface area contributed by atoms with Crippen molar-refractivity contribution in [3.8, 4) is 5.69 Å². The van der Waals surface area contributed by atoms with Crippen molar-refractivity contribution in [2.75, 3.05) is 5.75 Å². The van der Waals surface area contributed by atoms with E-state index < -0.39 is 17.9 Å². The van der Waals surface area contributed by atoms with E-state index in [2.05, 4.69) is 20.8 Å². The molecule has 21 heavy (non-hydrogen) atoms. The third-order valence-electron chi connectivity index (χ3n) is 2.50. The van der Waals surface area contributed by atoms with Gasteiger partial charge >= 0.3 is 5.97 Å². The van der Waals surface area contributed by atoms with Gasteiger partial charge in [-0.3, -0.25) is 4.79 Å². The minimum absolute atomic E-state index is 0.127. The number of amides is 1. The minimum atomic E-state index is -1.10. The van der Waals surface area contributed by atoms with Crippen LogP contribution in [-0.4, -0.2) is 49.0 Å². The second-order valence-corrected chi connectivity index (χ2v) is 5.10. The SMILES string of the molecule is CC(=O)NC(CSc1nnnn1-c1ccccc1)C(=O)O. The Kier molecular flexibility index (Phi) is 4.88. The first-order valence-electron chi connectivity index (χ1n) is 6.04. The van der Waals surface area contributed by atoms with E-state index in [0.29, 0.717) is 5.16 Å². The Morgan fingerprint density at radius 3 is 2.71 bits per heavy atom. The number of tetrazole rings is 1. The third-order valence-corrected chi connectivity index (χ3v) is 3.51. The molecule has 0 aliphatic carbocycles. The molecule has 1 aromatic heterocycles. The quantitative estimate of drug-likeness (QED) is 0.741. The van der Waals surface area contributed by atoms with Gasteiger partial charge in [0.05, 0.1) is 5.69 Å². The number of nitrogens with zero attached hydrogens (tertiary/aromatic N) is 4. The van der Waals surface area contributed by atoms with Crippen LogP contribution in [-0.2, 0) is 9.59 Å². The van der Waals surface area contributed by atoms with Crippen LogP contribution in [0.3, 0.4) is 0 Å². The molecule has 110 valence electrons. The zero-order chi connectivity index (χ0) is 15.2. The highest BCUT2D eigenvalue weighted by Crippen LogP contribution is 2.18. The van der Waals surface area contributed by atoms with Gasteiger partial charge in [0.1, 0.15) is 6.04 Å². The summed E-state index contributed by atoms with van der Waals surface area (Å²) in [6.45, 7) is 1.27. The minimum Gasteiger partial charge on any atom is -0.480 e. The monoisotopic (exact) mass is 307 g/mol. The molecule has 1 aromatic carbocycles. The van der Waals surface area contributed by atoms with Crippen molar-refractivity contribution in [3.63, 3.8) is 0 Å². The average Bonchev–Trinajstić information content (AvgIpc) is 2.92. The van der Waals surface area contributed by atoms with Crippen LogP contribution in [0.25, 0.3) is 5.69 Å². The molecule has 2 aromatic rings. The van der Waals surface area contributed by atoms with Crippen LogP contribution in [0.15, 0.2) is 35.5 Å². The number of aliphatic carboxylic acids is 1. The topological polar surface area (TPSA) is 110 Å². The normalized spacial score (nSPS) is 11.9. The average molecular weight is 307 g/mol. The summed E-state index contributed by atoms with van der Waals surface area (Å²) in [6, 6.07) is 8.25. The number of carboxylic acids is 1. The molecule has 2 rings (SSSR count). The van der Waals surface area contributed by atoms with E-state index in [-0.39, 0.29) is 5.75 Å². The highest BCUT2D eigenvalue weighted by atomic mass is 32.2. The fraction of sp³-hybridized carbons (Fsp3) is 0.250. The Morgan fingerprint density at radius 2 is 2.10 bits per heavy atom. The highest BCUT2D eigenvalue weighted by Gasteiger charge is 2.20. The lowest BCUT2D eigenvalue weighted by Crippen LogP contribution is -2.41. The summed E-state index contributed by atoms with van der Waals surface area (Å²) >= 11 is 1.16. The number of aromatic nitrogens is 4. The van der Waals surface area contributed by atoms with Crippen LogP contribution >= 0.6 is 11.8 Å². The molecule has 0 aliphatic rings. The molecule has 0 saturated carbocycles. The van der Waals surface area contributed by atoms with Gasteiger partial charge in [0.25, 0.3) is 0 Å². The van der Waals surface area contributed by atoms with E-state index >= 15 is 0 Å². The zero-order valence-corrected chi connectivity index (χ0v) is 11.9. The van der Waals surface area contributed by atoms with Gasteiger partial charge in [0.2, 0.25) is 11.1 Å². The number of benzene rings is 1. The van der Waals surface area contributed by atoms with Gasteiger partial charge in [-0.2, -0.15) is 4.68 Å². The van der Waals surface area contributed by atoms with E-state index in [1.165, 1.54) is 11.6 Å². The summed E-state index contributed by atoms with van der Waals surface area (Å²) in [6.07, 6.45) is 0. The van der Waals surface area contributed by atoms with Crippen LogP contribution < -0.4 is 5.32 Å². The second kappa shape index (κ2) is 6.84. The summed E-state index contributed by atoms with van der Waals surface area (Å²) in [4.78, 5) is 22.0. The summed E-state index contributed by atoms with van der Waals surface area (Å²) in [7, 11) is 0. The predicted molar refractivity (Wildman–Crippen MR) is 75.1 cm³/mol. The van der Waals surface area contributed by atoms with E-state index in [0.717, 1.165) is 17.4 Å². The number of rotatable bonds is 6. The first-order valence-corrected chi connectivity index (χ1v) is 7.03. The first kappa shape index (κ1) is 15.0. The van der Waals surface area contributed by atoms with Gasteiger partial charge < -0.3 is 10.4 Å². The molecule has 0 fully saturated rings. The Morgan fingerprint density at radius 1 is 1.38 bits per heavy atom. The summed E-state index contributed by atoms with van der Waals surface area (Å²) in [5.74, 6) is -1.37. The molecule has 1 unspecified atom stereocenters. The van der Waals surface area contributed by atoms with Crippen molar-refractivity contribution < 1.29 is 14.7 Å². The van der Waals surface area contributed by atoms with Crippen LogP contribution in [0.2, 0.25) is 0 Å². The zero-order valence-electron chi connectivity index (χ0n) is 11.1. The number of carbonyl (C=O) groups is 2. The summed E-state index contributed by atoms with van der Waals surface area (Å²) in [5, 5.41) is 23.2. The maximum absolute atomic E-state index is 11.1. The predicted octanol–water partition coefficient (Wildman–Crippen LogP) is 0.344. The maximum Gasteiger partial charge on any atom is 0.327 e. The largest absolute Gasteiger partial charge is 0.480 e. The molecule has 1 heterocycles. The number of hydrogen-bond donors (Lipinski definition) is 2. The van der Waals surface area contributed by atoms with E-state index in [1.54, 1.807) is 0 Å². The van der Waals surface area contributed by atoms with Crippen LogP contribution in [0.4, 0.5) is 0 Å². The number of carboxylic acid groups (broad SMARTS) is 1. The smallest absolute Gasteiger partial charge is 0.327 e. The van der Waals surface area contributed by atoms with Crippen molar-refractivity contribution in [2.45, 2.75) is 18.1 Å². The molecule has 0 radical (unpaired) electrons. The number of nitrogens with one attached hydrogen (secondary N) is 1.